The van der Waals surface area contributed by atoms with Crippen LogP contribution >= 0.6 is 0 Å². The molecular formula is C15H18N2O4. The van der Waals surface area contributed by atoms with E-state index < -0.39 is 12.0 Å². The van der Waals surface area contributed by atoms with Crippen molar-refractivity contribution >= 4 is 17.8 Å². The second-order valence-electron chi connectivity index (χ2n) is 4.98. The normalized spacial score (nSPS) is 21.0. The maximum atomic E-state index is 12.1. The fourth-order valence-corrected chi connectivity index (χ4v) is 2.51. The van der Waals surface area contributed by atoms with Crippen molar-refractivity contribution in [2.45, 2.75) is 25.4 Å². The lowest BCUT2D eigenvalue weighted by molar-refractivity contribution is -0.150. The summed E-state index contributed by atoms with van der Waals surface area (Å²) in [7, 11) is 1.29. The van der Waals surface area contributed by atoms with Crippen LogP contribution in [0.4, 0.5) is 0 Å². The molecule has 1 aliphatic heterocycles. The van der Waals surface area contributed by atoms with Crippen LogP contribution in [0.3, 0.4) is 0 Å². The summed E-state index contributed by atoms with van der Waals surface area (Å²) in [5, 5.41) is 2.85. The van der Waals surface area contributed by atoms with Crippen molar-refractivity contribution in [2.24, 2.45) is 0 Å². The lowest BCUT2D eigenvalue weighted by Crippen LogP contribution is -2.40. The number of carbonyl (C=O) groups is 3. The van der Waals surface area contributed by atoms with Crippen molar-refractivity contribution in [3.05, 3.63) is 35.9 Å². The third-order valence-corrected chi connectivity index (χ3v) is 3.55. The molecular weight excluding hydrogens is 272 g/mol. The number of nitrogens with one attached hydrogen (secondary N) is 1. The Kier molecular flexibility index (Phi) is 4.57. The SMILES string of the molecule is COC(=O)C1CC(NC(=O)c2ccccc2)CN1C(C)=O. The first-order valence-corrected chi connectivity index (χ1v) is 6.74. The Hall–Kier alpha value is -2.37. The quantitative estimate of drug-likeness (QED) is 0.826. The number of methoxy groups -OCH3 is 1. The summed E-state index contributed by atoms with van der Waals surface area (Å²) >= 11 is 0. The number of carbonyl (C=O) groups excluding carboxylic acids is 3. The lowest BCUT2D eigenvalue weighted by Gasteiger charge is -2.20. The highest BCUT2D eigenvalue weighted by atomic mass is 16.5. The van der Waals surface area contributed by atoms with Gasteiger partial charge in [-0.3, -0.25) is 9.59 Å². The molecule has 1 aromatic carbocycles. The number of hydrogen-bond donors (Lipinski definition) is 1. The fraction of sp³-hybridized carbons (Fsp3) is 0.400. The van der Waals surface area contributed by atoms with Gasteiger partial charge in [0, 0.05) is 31.5 Å². The van der Waals surface area contributed by atoms with Gasteiger partial charge in [0.05, 0.1) is 7.11 Å². The Morgan fingerprint density at radius 2 is 1.90 bits per heavy atom. The summed E-state index contributed by atoms with van der Waals surface area (Å²) in [6.45, 7) is 1.71. The van der Waals surface area contributed by atoms with Crippen LogP contribution in [0, 0.1) is 0 Å². The maximum Gasteiger partial charge on any atom is 0.328 e. The molecule has 2 rings (SSSR count). The summed E-state index contributed by atoms with van der Waals surface area (Å²) in [4.78, 5) is 36.8. The van der Waals surface area contributed by atoms with Gasteiger partial charge in [-0.1, -0.05) is 18.2 Å². The van der Waals surface area contributed by atoms with Crippen LogP contribution in [0.15, 0.2) is 30.3 Å². The number of benzene rings is 1. The molecule has 1 fully saturated rings. The summed E-state index contributed by atoms with van der Waals surface area (Å²) in [5.41, 5.74) is 0.549. The molecule has 21 heavy (non-hydrogen) atoms. The van der Waals surface area contributed by atoms with E-state index in [4.69, 9.17) is 4.74 Å². The molecule has 6 heteroatoms. The van der Waals surface area contributed by atoms with Crippen LogP contribution in [0.25, 0.3) is 0 Å². The highest BCUT2D eigenvalue weighted by Gasteiger charge is 2.39. The van der Waals surface area contributed by atoms with E-state index in [2.05, 4.69) is 5.32 Å². The second-order valence-corrected chi connectivity index (χ2v) is 4.98. The van der Waals surface area contributed by atoms with E-state index in [0.717, 1.165) is 0 Å². The van der Waals surface area contributed by atoms with E-state index in [-0.39, 0.29) is 17.9 Å². The smallest absolute Gasteiger partial charge is 0.328 e. The van der Waals surface area contributed by atoms with E-state index in [1.165, 1.54) is 18.9 Å². The van der Waals surface area contributed by atoms with E-state index in [9.17, 15) is 14.4 Å². The topological polar surface area (TPSA) is 75.7 Å². The average Bonchev–Trinajstić information content (AvgIpc) is 2.91. The Labute approximate surface area is 123 Å². The van der Waals surface area contributed by atoms with E-state index in [1.807, 2.05) is 6.07 Å². The Morgan fingerprint density at radius 3 is 2.48 bits per heavy atom. The van der Waals surface area contributed by atoms with E-state index >= 15 is 0 Å². The third-order valence-electron chi connectivity index (χ3n) is 3.55. The largest absolute Gasteiger partial charge is 0.467 e. The molecule has 1 aromatic rings. The zero-order chi connectivity index (χ0) is 15.4. The maximum absolute atomic E-state index is 12.1. The molecule has 1 aliphatic rings. The Bertz CT molecular complexity index is 544. The minimum absolute atomic E-state index is 0.207. The zero-order valence-electron chi connectivity index (χ0n) is 12.0. The van der Waals surface area contributed by atoms with Gasteiger partial charge in [-0.05, 0) is 12.1 Å². The lowest BCUT2D eigenvalue weighted by atomic mass is 10.1. The van der Waals surface area contributed by atoms with Crippen molar-refractivity contribution in [1.29, 1.82) is 0 Å². The molecule has 0 spiro atoms. The van der Waals surface area contributed by atoms with E-state index in [0.29, 0.717) is 18.5 Å². The molecule has 2 amide bonds. The molecule has 1 saturated heterocycles. The molecule has 6 nitrogen and oxygen atoms in total. The first kappa shape index (κ1) is 15.0. The van der Waals surface area contributed by atoms with Crippen LogP contribution in [0.1, 0.15) is 23.7 Å². The van der Waals surface area contributed by atoms with Gasteiger partial charge in [-0.25, -0.2) is 4.79 Å². The summed E-state index contributed by atoms with van der Waals surface area (Å²) in [5.74, 6) is -0.877. The van der Waals surface area contributed by atoms with Crippen molar-refractivity contribution in [3.8, 4) is 0 Å². The molecule has 2 unspecified atom stereocenters. The molecule has 0 saturated carbocycles. The average molecular weight is 290 g/mol. The van der Waals surface area contributed by atoms with Gasteiger partial charge in [0.15, 0.2) is 0 Å². The molecule has 2 atom stereocenters. The number of esters is 1. The summed E-state index contributed by atoms with van der Waals surface area (Å²) in [6, 6.07) is 7.93. The van der Waals surface area contributed by atoms with Crippen LogP contribution in [0.5, 0.6) is 0 Å². The van der Waals surface area contributed by atoms with Crippen LogP contribution in [-0.4, -0.2) is 48.4 Å². The third kappa shape index (κ3) is 3.39. The predicted octanol–water partition coefficient (Wildman–Crippen LogP) is 0.579. The Morgan fingerprint density at radius 1 is 1.24 bits per heavy atom. The van der Waals surface area contributed by atoms with Crippen LogP contribution in [-0.2, 0) is 14.3 Å². The van der Waals surface area contributed by atoms with Crippen LogP contribution in [0.2, 0.25) is 0 Å². The first-order chi connectivity index (χ1) is 10.0. The minimum Gasteiger partial charge on any atom is -0.467 e. The van der Waals surface area contributed by atoms with E-state index in [1.54, 1.807) is 24.3 Å². The Balaban J connectivity index is 2.04. The highest BCUT2D eigenvalue weighted by Crippen LogP contribution is 2.19. The number of likely N-dealkylation sites (tertiary alicyclic amines) is 1. The number of hydrogen-bond acceptors (Lipinski definition) is 4. The molecule has 0 radical (unpaired) electrons. The van der Waals surface area contributed by atoms with Gasteiger partial charge in [-0.15, -0.1) is 0 Å². The number of amides is 2. The number of ether oxygens (including phenoxy) is 1. The predicted molar refractivity (Wildman–Crippen MR) is 75.5 cm³/mol. The molecule has 0 bridgehead atoms. The van der Waals surface area contributed by atoms with Crippen molar-refractivity contribution in [3.63, 3.8) is 0 Å². The van der Waals surface area contributed by atoms with Gasteiger partial charge in [0.25, 0.3) is 5.91 Å². The second kappa shape index (κ2) is 6.39. The number of rotatable bonds is 3. The molecule has 1 heterocycles. The van der Waals surface area contributed by atoms with Gasteiger partial charge >= 0.3 is 5.97 Å². The van der Waals surface area contributed by atoms with Gasteiger partial charge in [0.1, 0.15) is 6.04 Å². The standard InChI is InChI=1S/C15H18N2O4/c1-10(18)17-9-12(8-13(17)15(20)21-2)16-14(19)11-6-4-3-5-7-11/h3-7,12-13H,8-9H2,1-2H3,(H,16,19). The van der Waals surface area contributed by atoms with Crippen molar-refractivity contribution < 1.29 is 19.1 Å². The van der Waals surface area contributed by atoms with Crippen molar-refractivity contribution in [2.75, 3.05) is 13.7 Å². The van der Waals surface area contributed by atoms with Gasteiger partial charge in [0.2, 0.25) is 5.91 Å². The molecule has 1 N–H and O–H groups in total. The first-order valence-electron chi connectivity index (χ1n) is 6.74. The highest BCUT2D eigenvalue weighted by molar-refractivity contribution is 5.94. The molecule has 112 valence electrons. The summed E-state index contributed by atoms with van der Waals surface area (Å²) in [6.07, 6.45) is 0.366. The minimum atomic E-state index is -0.631. The van der Waals surface area contributed by atoms with Gasteiger partial charge in [-0.2, -0.15) is 0 Å². The monoisotopic (exact) mass is 290 g/mol. The van der Waals surface area contributed by atoms with Gasteiger partial charge < -0.3 is 15.0 Å². The van der Waals surface area contributed by atoms with Crippen LogP contribution < -0.4 is 5.32 Å². The molecule has 0 aliphatic carbocycles. The number of nitrogens with zero attached hydrogens (tertiary/aromatic N) is 1. The zero-order valence-corrected chi connectivity index (χ0v) is 12.0. The fourth-order valence-electron chi connectivity index (χ4n) is 2.51. The van der Waals surface area contributed by atoms with Crippen molar-refractivity contribution in [1.82, 2.24) is 10.2 Å². The summed E-state index contributed by atoms with van der Waals surface area (Å²) < 4.78 is 4.71. The molecule has 0 aromatic heterocycles.